The van der Waals surface area contributed by atoms with Gasteiger partial charge in [0, 0.05) is 22.8 Å². The van der Waals surface area contributed by atoms with E-state index >= 15 is 0 Å². The van der Waals surface area contributed by atoms with Gasteiger partial charge in [-0.3, -0.25) is 4.79 Å². The van der Waals surface area contributed by atoms with Crippen LogP contribution in [0.4, 0.5) is 0 Å². The molecular formula is C30H54O4S. The molecule has 5 heteroatoms. The molecule has 1 aliphatic heterocycles. The fourth-order valence-corrected chi connectivity index (χ4v) is 7.66. The van der Waals surface area contributed by atoms with Gasteiger partial charge in [-0.05, 0) is 44.4 Å². The summed E-state index contributed by atoms with van der Waals surface area (Å²) in [6, 6.07) is 0. The summed E-state index contributed by atoms with van der Waals surface area (Å²) in [5.41, 5.74) is 0. The van der Waals surface area contributed by atoms with E-state index in [0.29, 0.717) is 29.4 Å². The van der Waals surface area contributed by atoms with E-state index in [1.807, 2.05) is 6.08 Å². The van der Waals surface area contributed by atoms with Crippen LogP contribution in [0.1, 0.15) is 129 Å². The van der Waals surface area contributed by atoms with Crippen molar-refractivity contribution in [3.8, 4) is 0 Å². The van der Waals surface area contributed by atoms with Crippen molar-refractivity contribution in [2.24, 2.45) is 11.8 Å². The van der Waals surface area contributed by atoms with Gasteiger partial charge in [0.25, 0.3) is 0 Å². The van der Waals surface area contributed by atoms with Gasteiger partial charge < -0.3 is 14.9 Å². The van der Waals surface area contributed by atoms with Crippen molar-refractivity contribution in [2.45, 2.75) is 152 Å². The zero-order chi connectivity index (χ0) is 25.3. The summed E-state index contributed by atoms with van der Waals surface area (Å²) in [5, 5.41) is 21.9. The van der Waals surface area contributed by atoms with E-state index in [-0.39, 0.29) is 24.1 Å². The Kier molecular flexibility index (Phi) is 16.4. The van der Waals surface area contributed by atoms with Gasteiger partial charge in [0.1, 0.15) is 0 Å². The molecule has 4 nitrogen and oxygen atoms in total. The van der Waals surface area contributed by atoms with E-state index in [0.717, 1.165) is 57.8 Å². The molecule has 0 aromatic carbocycles. The maximum Gasteiger partial charge on any atom is 0.305 e. The zero-order valence-electron chi connectivity index (χ0n) is 22.7. The number of rotatable bonds is 20. The molecule has 204 valence electrons. The van der Waals surface area contributed by atoms with Crippen LogP contribution in [0.3, 0.4) is 0 Å². The minimum absolute atomic E-state index is 0.0327. The van der Waals surface area contributed by atoms with Gasteiger partial charge in [0.2, 0.25) is 0 Å². The van der Waals surface area contributed by atoms with Crippen molar-refractivity contribution in [3.05, 3.63) is 12.2 Å². The fraction of sp³-hybridized carbons (Fsp3) is 0.900. The lowest BCUT2D eigenvalue weighted by molar-refractivity contribution is -0.143. The first-order valence-electron chi connectivity index (χ1n) is 14.9. The monoisotopic (exact) mass is 510 g/mol. The fourth-order valence-electron chi connectivity index (χ4n) is 5.72. The molecule has 2 rings (SSSR count). The molecule has 0 aromatic heterocycles. The largest absolute Gasteiger partial charge is 0.466 e. The highest BCUT2D eigenvalue weighted by molar-refractivity contribution is 8.00. The van der Waals surface area contributed by atoms with Crippen LogP contribution in [0, 0.1) is 11.8 Å². The number of fused-ring (bicyclic) bond motifs is 1. The first kappa shape index (κ1) is 30.7. The van der Waals surface area contributed by atoms with Crippen molar-refractivity contribution in [1.29, 1.82) is 0 Å². The maximum absolute atomic E-state index is 12.0. The molecule has 6 atom stereocenters. The van der Waals surface area contributed by atoms with Crippen molar-refractivity contribution in [3.63, 3.8) is 0 Å². The second kappa shape index (κ2) is 18.7. The number of thioether (sulfide) groups is 1. The topological polar surface area (TPSA) is 66.8 Å². The van der Waals surface area contributed by atoms with Crippen LogP contribution in [0.25, 0.3) is 0 Å². The molecule has 0 radical (unpaired) electrons. The second-order valence-corrected chi connectivity index (χ2v) is 12.5. The Morgan fingerprint density at radius 3 is 2.37 bits per heavy atom. The van der Waals surface area contributed by atoms with Crippen molar-refractivity contribution >= 4 is 17.7 Å². The Morgan fingerprint density at radius 2 is 1.63 bits per heavy atom. The number of carbonyl (C=O) groups excluding carboxylic acids is 1. The number of carbonyl (C=O) groups is 1. The van der Waals surface area contributed by atoms with Crippen LogP contribution in [-0.4, -0.2) is 45.5 Å². The van der Waals surface area contributed by atoms with Crippen LogP contribution in [0.5, 0.6) is 0 Å². The van der Waals surface area contributed by atoms with Crippen LogP contribution < -0.4 is 0 Å². The highest BCUT2D eigenvalue weighted by atomic mass is 32.2. The first-order valence-corrected chi connectivity index (χ1v) is 15.8. The molecule has 0 amide bonds. The van der Waals surface area contributed by atoms with E-state index in [4.69, 9.17) is 4.74 Å². The van der Waals surface area contributed by atoms with Crippen LogP contribution >= 0.6 is 11.8 Å². The predicted octanol–water partition coefficient (Wildman–Crippen LogP) is 7.60. The van der Waals surface area contributed by atoms with Gasteiger partial charge in [0.05, 0.1) is 18.8 Å². The van der Waals surface area contributed by atoms with E-state index in [9.17, 15) is 15.0 Å². The van der Waals surface area contributed by atoms with Crippen molar-refractivity contribution < 1.29 is 19.7 Å². The molecular weight excluding hydrogens is 456 g/mol. The minimum atomic E-state index is -0.382. The first-order chi connectivity index (χ1) is 17.0. The molecule has 0 bridgehead atoms. The Balaban J connectivity index is 1.52. The van der Waals surface area contributed by atoms with E-state index in [1.165, 1.54) is 51.4 Å². The summed E-state index contributed by atoms with van der Waals surface area (Å²) in [6.45, 7) is 5.01. The third-order valence-corrected chi connectivity index (χ3v) is 9.57. The van der Waals surface area contributed by atoms with Crippen LogP contribution in [-0.2, 0) is 9.53 Å². The van der Waals surface area contributed by atoms with Crippen molar-refractivity contribution in [2.75, 3.05) is 6.61 Å². The Labute approximate surface area is 220 Å². The molecule has 1 heterocycles. The number of aliphatic hydroxyl groups is 2. The molecule has 2 aliphatic rings. The minimum Gasteiger partial charge on any atom is -0.466 e. The van der Waals surface area contributed by atoms with Gasteiger partial charge in [-0.25, -0.2) is 0 Å². The summed E-state index contributed by atoms with van der Waals surface area (Å²) in [7, 11) is 0. The normalized spacial score (nSPS) is 26.9. The number of hydrogen-bond acceptors (Lipinski definition) is 5. The number of hydrogen-bond donors (Lipinski definition) is 2. The predicted molar refractivity (Wildman–Crippen MR) is 149 cm³/mol. The SMILES string of the molecule is CCCCCCCCCCOC(=O)CCCCC1C[C@@H]2[C@@H](/C=C/[C@@H](O)CCCCC)[C@H](O)C[C@H]2S1. The van der Waals surface area contributed by atoms with E-state index < -0.39 is 0 Å². The molecule has 1 saturated heterocycles. The lowest BCUT2D eigenvalue weighted by Gasteiger charge is -2.18. The average molecular weight is 511 g/mol. The van der Waals surface area contributed by atoms with Gasteiger partial charge >= 0.3 is 5.97 Å². The number of esters is 1. The van der Waals surface area contributed by atoms with Gasteiger partial charge in [-0.15, -0.1) is 0 Å². The highest BCUT2D eigenvalue weighted by Gasteiger charge is 2.47. The number of ether oxygens (including phenoxy) is 1. The Hall–Kier alpha value is -0.520. The summed E-state index contributed by atoms with van der Waals surface area (Å²) < 4.78 is 5.42. The quantitative estimate of drug-likeness (QED) is 0.100. The Bertz CT molecular complexity index is 581. The second-order valence-electron chi connectivity index (χ2n) is 11.0. The van der Waals surface area contributed by atoms with Gasteiger partial charge in [-0.2, -0.15) is 11.8 Å². The molecule has 2 fully saturated rings. The molecule has 35 heavy (non-hydrogen) atoms. The van der Waals surface area contributed by atoms with E-state index in [1.54, 1.807) is 0 Å². The molecule has 2 N–H and O–H groups in total. The summed E-state index contributed by atoms with van der Waals surface area (Å²) in [5.74, 6) is 0.676. The average Bonchev–Trinajstić information content (AvgIpc) is 3.35. The van der Waals surface area contributed by atoms with E-state index in [2.05, 4.69) is 31.7 Å². The van der Waals surface area contributed by atoms with Gasteiger partial charge in [-0.1, -0.05) is 96.6 Å². The molecule has 1 aliphatic carbocycles. The van der Waals surface area contributed by atoms with Crippen LogP contribution in [0.15, 0.2) is 12.2 Å². The number of unbranched alkanes of at least 4 members (excludes halogenated alkanes) is 10. The molecule has 1 unspecified atom stereocenters. The highest BCUT2D eigenvalue weighted by Crippen LogP contribution is 2.52. The van der Waals surface area contributed by atoms with Gasteiger partial charge in [0.15, 0.2) is 0 Å². The molecule has 1 saturated carbocycles. The lowest BCUT2D eigenvalue weighted by atomic mass is 9.89. The summed E-state index contributed by atoms with van der Waals surface area (Å²) in [6.07, 6.45) is 23.4. The van der Waals surface area contributed by atoms with Crippen molar-refractivity contribution in [1.82, 2.24) is 0 Å². The summed E-state index contributed by atoms with van der Waals surface area (Å²) in [4.78, 5) is 12.0. The molecule has 0 aromatic rings. The lowest BCUT2D eigenvalue weighted by Crippen LogP contribution is -2.19. The third kappa shape index (κ3) is 12.5. The third-order valence-electron chi connectivity index (χ3n) is 7.87. The smallest absolute Gasteiger partial charge is 0.305 e. The van der Waals surface area contributed by atoms with Crippen LogP contribution in [0.2, 0.25) is 0 Å². The molecule has 0 spiro atoms. The Morgan fingerprint density at radius 1 is 0.943 bits per heavy atom. The zero-order valence-corrected chi connectivity index (χ0v) is 23.5. The maximum atomic E-state index is 12.0. The summed E-state index contributed by atoms with van der Waals surface area (Å²) >= 11 is 2.05. The standard InChI is InChI=1S/C30H54O4S/c1-3-5-7-8-9-10-11-15-21-34-30(33)18-14-13-17-25-22-27-26(28(32)23-29(27)35-25)20-19-24(31)16-12-6-4-2/h19-20,24-29,31-32H,3-18,21-23H2,1-2H3/b20-19+/t24-,25?,26+,27+,28+,29+/m0/s1. The number of aliphatic hydroxyl groups excluding tert-OH is 2.